The Kier molecular flexibility index (Phi) is 7.03. The molecule has 2 saturated heterocycles. The molecule has 2 fully saturated rings. The maximum absolute atomic E-state index is 12.5. The van der Waals surface area contributed by atoms with E-state index in [1.807, 2.05) is 49.6 Å². The molecule has 1 unspecified atom stereocenters. The molecule has 5 nitrogen and oxygen atoms in total. The highest BCUT2D eigenvalue weighted by atomic mass is 16.5. The summed E-state index contributed by atoms with van der Waals surface area (Å²) >= 11 is 0. The Bertz CT molecular complexity index is 829. The molecule has 3 rings (SSSR count). The van der Waals surface area contributed by atoms with E-state index in [2.05, 4.69) is 23.6 Å². The quantitative estimate of drug-likeness (QED) is 0.697. The fourth-order valence-electron chi connectivity index (χ4n) is 4.05. The zero-order valence-corrected chi connectivity index (χ0v) is 17.1. The third-order valence-corrected chi connectivity index (χ3v) is 5.68. The predicted octanol–water partition coefficient (Wildman–Crippen LogP) is 3.44. The summed E-state index contributed by atoms with van der Waals surface area (Å²) in [6.07, 6.45) is 11.5. The first kappa shape index (κ1) is 21.0. The Morgan fingerprint density at radius 1 is 1.31 bits per heavy atom. The van der Waals surface area contributed by atoms with Crippen LogP contribution in [0.15, 0.2) is 61.3 Å². The normalized spacial score (nSPS) is 22.4. The van der Waals surface area contributed by atoms with Crippen molar-refractivity contribution in [3.05, 3.63) is 72.5 Å². The Morgan fingerprint density at radius 2 is 2.10 bits per heavy atom. The van der Waals surface area contributed by atoms with Crippen molar-refractivity contribution >= 4 is 5.91 Å². The molecule has 1 amide bonds. The number of likely N-dealkylation sites (tertiary alicyclic amines) is 1. The first-order valence-corrected chi connectivity index (χ1v) is 10.2. The summed E-state index contributed by atoms with van der Waals surface area (Å²) in [6, 6.07) is 10.0. The molecule has 2 aliphatic rings. The minimum Gasteiger partial charge on any atom is -0.360 e. The second-order valence-corrected chi connectivity index (χ2v) is 7.78. The van der Waals surface area contributed by atoms with E-state index in [4.69, 9.17) is 10.00 Å². The van der Waals surface area contributed by atoms with Crippen molar-refractivity contribution in [2.24, 2.45) is 0 Å². The van der Waals surface area contributed by atoms with Crippen molar-refractivity contribution in [3.8, 4) is 6.07 Å². The third-order valence-electron chi connectivity index (χ3n) is 5.68. The summed E-state index contributed by atoms with van der Waals surface area (Å²) in [5, 5.41) is 9.05. The van der Waals surface area contributed by atoms with Gasteiger partial charge in [-0.15, -0.1) is 0 Å². The minimum atomic E-state index is -0.419. The zero-order chi connectivity index (χ0) is 20.7. The Hall–Kier alpha value is -2.68. The lowest BCUT2D eigenvalue weighted by atomic mass is 9.88. The van der Waals surface area contributed by atoms with Crippen molar-refractivity contribution in [3.63, 3.8) is 0 Å². The van der Waals surface area contributed by atoms with Gasteiger partial charge >= 0.3 is 0 Å². The van der Waals surface area contributed by atoms with E-state index in [1.54, 1.807) is 11.0 Å². The van der Waals surface area contributed by atoms with E-state index in [1.165, 1.54) is 5.56 Å². The number of hydrogen-bond acceptors (Lipinski definition) is 4. The van der Waals surface area contributed by atoms with Gasteiger partial charge in [0.15, 0.2) is 0 Å². The monoisotopic (exact) mass is 391 g/mol. The number of benzene rings is 1. The van der Waals surface area contributed by atoms with Crippen LogP contribution in [0, 0.1) is 11.3 Å². The van der Waals surface area contributed by atoms with Gasteiger partial charge in [0.05, 0.1) is 23.8 Å². The summed E-state index contributed by atoms with van der Waals surface area (Å²) in [6.45, 7) is 8.97. The van der Waals surface area contributed by atoms with Crippen LogP contribution >= 0.6 is 0 Å². The lowest BCUT2D eigenvalue weighted by Crippen LogP contribution is -2.60. The molecule has 1 aromatic rings. The second-order valence-electron chi connectivity index (χ2n) is 7.78. The molecule has 0 aliphatic carbocycles. The fourth-order valence-corrected chi connectivity index (χ4v) is 4.05. The highest BCUT2D eigenvalue weighted by molar-refractivity contribution is 5.82. The van der Waals surface area contributed by atoms with Gasteiger partial charge in [0.2, 0.25) is 0 Å². The number of morpholine rings is 1. The van der Waals surface area contributed by atoms with E-state index < -0.39 is 6.10 Å². The van der Waals surface area contributed by atoms with Crippen LogP contribution in [-0.4, -0.2) is 53.6 Å². The van der Waals surface area contributed by atoms with Gasteiger partial charge in [-0.3, -0.25) is 4.79 Å². The maximum atomic E-state index is 12.5. The SMILES string of the molecule is C=C/C=C\C=C\N1CC2(CCN(CCc3cccc(C#N)c3)CC2)OC(C)C1=O. The topological polar surface area (TPSA) is 56.6 Å². The van der Waals surface area contributed by atoms with Crippen LogP contribution in [-0.2, 0) is 16.0 Å². The number of ether oxygens (including phenoxy) is 1. The average molecular weight is 392 g/mol. The van der Waals surface area contributed by atoms with Gasteiger partial charge in [0, 0.05) is 25.8 Å². The molecule has 2 heterocycles. The van der Waals surface area contributed by atoms with Crippen molar-refractivity contribution in [2.45, 2.75) is 37.9 Å². The third kappa shape index (κ3) is 5.44. The first-order valence-electron chi connectivity index (χ1n) is 10.2. The zero-order valence-electron chi connectivity index (χ0n) is 17.1. The Balaban J connectivity index is 1.55. The first-order chi connectivity index (χ1) is 14.0. The summed E-state index contributed by atoms with van der Waals surface area (Å²) < 4.78 is 6.20. The van der Waals surface area contributed by atoms with E-state index in [0.717, 1.165) is 38.9 Å². The van der Waals surface area contributed by atoms with Crippen molar-refractivity contribution in [1.82, 2.24) is 9.80 Å². The average Bonchev–Trinajstić information content (AvgIpc) is 2.74. The van der Waals surface area contributed by atoms with Gasteiger partial charge in [-0.1, -0.05) is 36.9 Å². The summed E-state index contributed by atoms with van der Waals surface area (Å²) in [5.74, 6) is 0.0127. The van der Waals surface area contributed by atoms with Crippen LogP contribution in [0.5, 0.6) is 0 Å². The standard InChI is InChI=1S/C24H29N3O2/c1-3-4-5-6-13-27-19-24(29-20(2)23(27)28)11-15-26(16-12-24)14-10-21-8-7-9-22(17-21)18-25/h3-9,13,17,20H,1,10-12,14-16,19H2,2H3/b5-4-,13-6+. The maximum Gasteiger partial charge on any atom is 0.255 e. The number of carbonyl (C=O) groups is 1. The van der Waals surface area contributed by atoms with Gasteiger partial charge in [0.1, 0.15) is 6.10 Å². The van der Waals surface area contributed by atoms with Crippen LogP contribution in [0.4, 0.5) is 0 Å². The molecule has 5 heteroatoms. The Labute approximate surface area is 173 Å². The van der Waals surface area contributed by atoms with Gasteiger partial charge in [-0.25, -0.2) is 0 Å². The van der Waals surface area contributed by atoms with Crippen LogP contribution in [0.25, 0.3) is 0 Å². The number of nitrogens with zero attached hydrogens (tertiary/aromatic N) is 3. The molecular weight excluding hydrogens is 362 g/mol. The molecule has 0 bridgehead atoms. The van der Waals surface area contributed by atoms with E-state index in [9.17, 15) is 4.79 Å². The van der Waals surface area contributed by atoms with E-state index in [-0.39, 0.29) is 11.5 Å². The molecule has 1 aromatic carbocycles. The molecule has 0 N–H and O–H groups in total. The van der Waals surface area contributed by atoms with Crippen LogP contribution in [0.2, 0.25) is 0 Å². The number of nitriles is 1. The summed E-state index contributed by atoms with van der Waals surface area (Å²) in [4.78, 5) is 16.7. The molecule has 0 radical (unpaired) electrons. The van der Waals surface area contributed by atoms with Crippen LogP contribution in [0.3, 0.4) is 0 Å². The number of amides is 1. The Morgan fingerprint density at radius 3 is 2.83 bits per heavy atom. The number of carbonyl (C=O) groups excluding carboxylic acids is 1. The smallest absolute Gasteiger partial charge is 0.255 e. The number of hydrogen-bond donors (Lipinski definition) is 0. The van der Waals surface area contributed by atoms with E-state index >= 15 is 0 Å². The highest BCUT2D eigenvalue weighted by Crippen LogP contribution is 2.33. The molecule has 2 aliphatic heterocycles. The van der Waals surface area contributed by atoms with Gasteiger partial charge in [0.25, 0.3) is 5.91 Å². The molecule has 152 valence electrons. The highest BCUT2D eigenvalue weighted by Gasteiger charge is 2.44. The fraction of sp³-hybridized carbons (Fsp3) is 0.417. The molecule has 1 spiro atoms. The van der Waals surface area contributed by atoms with Crippen molar-refractivity contribution in [1.29, 1.82) is 5.26 Å². The lowest BCUT2D eigenvalue weighted by Gasteiger charge is -2.48. The van der Waals surface area contributed by atoms with Crippen molar-refractivity contribution in [2.75, 3.05) is 26.2 Å². The molecule has 29 heavy (non-hydrogen) atoms. The molecular formula is C24H29N3O2. The number of allylic oxidation sites excluding steroid dienone is 4. The second kappa shape index (κ2) is 9.69. The molecule has 0 aromatic heterocycles. The number of rotatable bonds is 6. The molecule has 0 saturated carbocycles. The lowest BCUT2D eigenvalue weighted by molar-refractivity contribution is -0.184. The van der Waals surface area contributed by atoms with Gasteiger partial charge < -0.3 is 14.5 Å². The van der Waals surface area contributed by atoms with Gasteiger partial charge in [-0.2, -0.15) is 5.26 Å². The summed E-state index contributed by atoms with van der Waals surface area (Å²) in [5.41, 5.74) is 1.64. The predicted molar refractivity (Wildman–Crippen MR) is 114 cm³/mol. The van der Waals surface area contributed by atoms with Crippen LogP contribution in [0.1, 0.15) is 30.9 Å². The number of piperidine rings is 1. The van der Waals surface area contributed by atoms with E-state index in [0.29, 0.717) is 12.1 Å². The van der Waals surface area contributed by atoms with Crippen LogP contribution < -0.4 is 0 Å². The van der Waals surface area contributed by atoms with Crippen molar-refractivity contribution < 1.29 is 9.53 Å². The summed E-state index contributed by atoms with van der Waals surface area (Å²) in [7, 11) is 0. The minimum absolute atomic E-state index is 0.0127. The molecule has 1 atom stereocenters. The largest absolute Gasteiger partial charge is 0.360 e. The van der Waals surface area contributed by atoms with Gasteiger partial charge in [-0.05, 0) is 50.0 Å².